The Morgan fingerprint density at radius 1 is 1.08 bits per heavy atom. The number of carbonyl (C=O) groups is 3. The Morgan fingerprint density at radius 2 is 1.76 bits per heavy atom. The maximum Gasteiger partial charge on any atom is 0.311 e. The average Bonchev–Trinajstić information content (AvgIpc) is 3.02. The van der Waals surface area contributed by atoms with Crippen molar-refractivity contribution in [2.75, 3.05) is 18.1 Å². The first-order valence-electron chi connectivity index (χ1n) is 7.85. The third-order valence-electron chi connectivity index (χ3n) is 4.04. The highest BCUT2D eigenvalue weighted by Crippen LogP contribution is 2.25. The maximum absolute atomic E-state index is 12.2. The molecule has 0 bridgehead atoms. The zero-order valence-corrected chi connectivity index (χ0v) is 14.9. The Bertz CT molecular complexity index is 789. The molecule has 1 saturated heterocycles. The Kier molecular flexibility index (Phi) is 5.28. The van der Waals surface area contributed by atoms with Crippen molar-refractivity contribution in [2.24, 2.45) is 5.92 Å². The van der Waals surface area contributed by atoms with Crippen molar-refractivity contribution in [3.8, 4) is 0 Å². The van der Waals surface area contributed by atoms with E-state index in [1.165, 1.54) is 0 Å². The molecule has 0 aliphatic carbocycles. The molecule has 0 N–H and O–H groups in total. The van der Waals surface area contributed by atoms with E-state index in [0.717, 1.165) is 10.2 Å². The number of nitrogens with zero attached hydrogens (tertiary/aromatic N) is 1. The highest BCUT2D eigenvalue weighted by Gasteiger charge is 2.36. The highest BCUT2D eigenvalue weighted by molar-refractivity contribution is 9.10. The molecule has 0 saturated carbocycles. The van der Waals surface area contributed by atoms with Crippen LogP contribution in [0, 0.1) is 5.92 Å². The highest BCUT2D eigenvalue weighted by atomic mass is 79.9. The lowest BCUT2D eigenvalue weighted by molar-refractivity contribution is -0.147. The molecule has 1 atom stereocenters. The lowest BCUT2D eigenvalue weighted by Gasteiger charge is -2.16. The van der Waals surface area contributed by atoms with Gasteiger partial charge in [-0.25, -0.2) is 0 Å². The third-order valence-corrected chi connectivity index (χ3v) is 4.57. The second-order valence-electron chi connectivity index (χ2n) is 5.78. The van der Waals surface area contributed by atoms with Gasteiger partial charge in [-0.15, -0.1) is 0 Å². The summed E-state index contributed by atoms with van der Waals surface area (Å²) in [6.45, 7) is -0.0509. The molecule has 1 heterocycles. The number of halogens is 1. The van der Waals surface area contributed by atoms with Crippen LogP contribution >= 0.6 is 15.9 Å². The molecular weight excluding hydrogens is 386 g/mol. The molecule has 25 heavy (non-hydrogen) atoms. The molecule has 1 aliphatic heterocycles. The van der Waals surface area contributed by atoms with Crippen LogP contribution in [0.15, 0.2) is 59.1 Å². The largest absolute Gasteiger partial charge is 0.457 e. The van der Waals surface area contributed by atoms with Gasteiger partial charge in [0.1, 0.15) is 0 Å². The third kappa shape index (κ3) is 4.14. The summed E-state index contributed by atoms with van der Waals surface area (Å²) in [6, 6.07) is 16.0. The minimum Gasteiger partial charge on any atom is -0.457 e. The lowest BCUT2D eigenvalue weighted by Crippen LogP contribution is -2.27. The number of carbonyl (C=O) groups excluding carboxylic acids is 3. The zero-order chi connectivity index (χ0) is 17.8. The van der Waals surface area contributed by atoms with Crippen LogP contribution in [0.25, 0.3) is 0 Å². The zero-order valence-electron chi connectivity index (χ0n) is 13.4. The molecular formula is C19H16BrNO4. The fourth-order valence-corrected chi connectivity index (χ4v) is 2.96. The summed E-state index contributed by atoms with van der Waals surface area (Å²) in [6.07, 6.45) is 0.0974. The van der Waals surface area contributed by atoms with Crippen LogP contribution in [0.1, 0.15) is 16.8 Å². The number of anilines is 1. The molecule has 1 aliphatic rings. The number of benzene rings is 2. The summed E-state index contributed by atoms with van der Waals surface area (Å²) in [5.74, 6) is -1.46. The average molecular weight is 402 g/mol. The van der Waals surface area contributed by atoms with Crippen molar-refractivity contribution in [3.63, 3.8) is 0 Å². The number of Topliss-reactive ketones (excluding diaryl/α,β-unsaturated/α-hetero) is 1. The lowest BCUT2D eigenvalue weighted by atomic mass is 10.1. The summed E-state index contributed by atoms with van der Waals surface area (Å²) in [5.41, 5.74) is 1.23. The summed E-state index contributed by atoms with van der Waals surface area (Å²) in [7, 11) is 0. The predicted octanol–water partition coefficient (Wildman–Crippen LogP) is 3.23. The van der Waals surface area contributed by atoms with Crippen molar-refractivity contribution >= 4 is 39.3 Å². The number of rotatable bonds is 5. The van der Waals surface area contributed by atoms with E-state index < -0.39 is 11.9 Å². The van der Waals surface area contributed by atoms with Crippen LogP contribution < -0.4 is 4.90 Å². The number of ether oxygens (including phenoxy) is 1. The molecule has 0 spiro atoms. The number of amides is 1. The fourth-order valence-electron chi connectivity index (χ4n) is 2.70. The first-order valence-corrected chi connectivity index (χ1v) is 8.64. The Labute approximate surface area is 153 Å². The van der Waals surface area contributed by atoms with Gasteiger partial charge in [-0.3, -0.25) is 14.4 Å². The second kappa shape index (κ2) is 7.61. The number of hydrogen-bond acceptors (Lipinski definition) is 4. The fraction of sp³-hybridized carbons (Fsp3) is 0.211. The molecule has 2 aromatic rings. The van der Waals surface area contributed by atoms with Crippen LogP contribution in [-0.2, 0) is 14.3 Å². The van der Waals surface area contributed by atoms with Crippen molar-refractivity contribution in [3.05, 3.63) is 64.6 Å². The quantitative estimate of drug-likeness (QED) is 0.569. The monoisotopic (exact) mass is 401 g/mol. The number of esters is 1. The van der Waals surface area contributed by atoms with Crippen LogP contribution in [0.5, 0.6) is 0 Å². The van der Waals surface area contributed by atoms with Gasteiger partial charge in [0.05, 0.1) is 5.92 Å². The first kappa shape index (κ1) is 17.4. The van der Waals surface area contributed by atoms with Gasteiger partial charge < -0.3 is 9.64 Å². The van der Waals surface area contributed by atoms with E-state index >= 15 is 0 Å². The van der Waals surface area contributed by atoms with E-state index in [9.17, 15) is 14.4 Å². The summed E-state index contributed by atoms with van der Waals surface area (Å²) in [5, 5.41) is 0. The van der Waals surface area contributed by atoms with E-state index in [1.54, 1.807) is 29.2 Å². The van der Waals surface area contributed by atoms with Crippen molar-refractivity contribution in [1.82, 2.24) is 0 Å². The van der Waals surface area contributed by atoms with Crippen molar-refractivity contribution in [2.45, 2.75) is 6.42 Å². The molecule has 5 nitrogen and oxygen atoms in total. The van der Waals surface area contributed by atoms with Gasteiger partial charge in [-0.2, -0.15) is 0 Å². The van der Waals surface area contributed by atoms with Gasteiger partial charge in [0.2, 0.25) is 5.91 Å². The molecule has 2 aromatic carbocycles. The van der Waals surface area contributed by atoms with Crippen molar-refractivity contribution < 1.29 is 19.1 Å². The molecule has 0 aromatic heterocycles. The minimum atomic E-state index is -0.551. The topological polar surface area (TPSA) is 63.7 Å². The van der Waals surface area contributed by atoms with Gasteiger partial charge in [0.15, 0.2) is 12.4 Å². The molecule has 3 rings (SSSR count). The van der Waals surface area contributed by atoms with E-state index in [2.05, 4.69) is 15.9 Å². The summed E-state index contributed by atoms with van der Waals surface area (Å²) < 4.78 is 5.99. The van der Waals surface area contributed by atoms with Crippen LogP contribution in [0.4, 0.5) is 5.69 Å². The van der Waals surface area contributed by atoms with E-state index in [4.69, 9.17) is 4.74 Å². The van der Waals surface area contributed by atoms with Gasteiger partial charge >= 0.3 is 5.97 Å². The van der Waals surface area contributed by atoms with Gasteiger partial charge in [-0.05, 0) is 24.3 Å². The normalized spacial score (nSPS) is 16.8. The Morgan fingerprint density at radius 3 is 2.44 bits per heavy atom. The van der Waals surface area contributed by atoms with Crippen LogP contribution in [-0.4, -0.2) is 30.8 Å². The minimum absolute atomic E-state index is 0.0974. The van der Waals surface area contributed by atoms with Crippen molar-refractivity contribution in [1.29, 1.82) is 0 Å². The molecule has 1 amide bonds. The predicted molar refractivity (Wildman–Crippen MR) is 96.3 cm³/mol. The SMILES string of the molecule is O=C(COC(=O)[C@H]1CC(=O)N(c2ccccc2)C1)c1ccc(Br)cc1. The number of para-hydroxylation sites is 1. The standard InChI is InChI=1S/C19H16BrNO4/c20-15-8-6-13(7-9-15)17(22)12-25-19(24)14-10-18(23)21(11-14)16-4-2-1-3-5-16/h1-9,14H,10-12H2/t14-/m0/s1. The Balaban J connectivity index is 1.56. The molecule has 6 heteroatoms. The molecule has 1 fully saturated rings. The maximum atomic E-state index is 12.2. The van der Waals surface area contributed by atoms with E-state index in [1.807, 2.05) is 30.3 Å². The molecule has 0 radical (unpaired) electrons. The van der Waals surface area contributed by atoms with Gasteiger partial charge in [0, 0.05) is 28.7 Å². The number of hydrogen-bond donors (Lipinski definition) is 0. The number of ketones is 1. The van der Waals surface area contributed by atoms with Gasteiger partial charge in [-0.1, -0.05) is 46.3 Å². The van der Waals surface area contributed by atoms with E-state index in [-0.39, 0.29) is 31.3 Å². The first-order chi connectivity index (χ1) is 12.0. The smallest absolute Gasteiger partial charge is 0.311 e. The Hall–Kier alpha value is -2.47. The summed E-state index contributed by atoms with van der Waals surface area (Å²) >= 11 is 3.30. The molecule has 128 valence electrons. The second-order valence-corrected chi connectivity index (χ2v) is 6.69. The van der Waals surface area contributed by atoms with Gasteiger partial charge in [0.25, 0.3) is 0 Å². The van der Waals surface area contributed by atoms with Crippen LogP contribution in [0.3, 0.4) is 0 Å². The van der Waals surface area contributed by atoms with E-state index in [0.29, 0.717) is 5.56 Å². The summed E-state index contributed by atoms with van der Waals surface area (Å²) in [4.78, 5) is 38.0. The van der Waals surface area contributed by atoms with Crippen LogP contribution in [0.2, 0.25) is 0 Å². The molecule has 0 unspecified atom stereocenters.